The topological polar surface area (TPSA) is 69.6 Å². The van der Waals surface area contributed by atoms with Crippen molar-refractivity contribution in [1.82, 2.24) is 9.78 Å². The molecule has 27 heavy (non-hydrogen) atoms. The van der Waals surface area contributed by atoms with E-state index in [1.54, 1.807) is 13.3 Å². The van der Waals surface area contributed by atoms with Crippen molar-refractivity contribution in [2.45, 2.75) is 6.54 Å². The van der Waals surface area contributed by atoms with Gasteiger partial charge < -0.3 is 24.8 Å². The number of hydrogen-bond donors (Lipinski definition) is 2. The van der Waals surface area contributed by atoms with Crippen molar-refractivity contribution in [3.63, 3.8) is 0 Å². The number of rotatable bonds is 5. The minimum absolute atomic E-state index is 0.244. The van der Waals surface area contributed by atoms with E-state index in [9.17, 15) is 0 Å². The lowest BCUT2D eigenvalue weighted by Crippen LogP contribution is -2.18. The van der Waals surface area contributed by atoms with Gasteiger partial charge in [-0.1, -0.05) is 12.1 Å². The zero-order valence-electron chi connectivity index (χ0n) is 14.6. The molecule has 0 amide bonds. The van der Waals surface area contributed by atoms with E-state index in [1.807, 2.05) is 53.3 Å². The molecule has 0 fully saturated rings. The molecule has 138 valence electrons. The van der Waals surface area contributed by atoms with E-state index in [1.165, 1.54) is 0 Å². The molecule has 8 heteroatoms. The lowest BCUT2D eigenvalue weighted by molar-refractivity contribution is 0.174. The van der Waals surface area contributed by atoms with Crippen LogP contribution in [0.1, 0.15) is 5.56 Å². The van der Waals surface area contributed by atoms with Gasteiger partial charge in [0.2, 0.25) is 6.79 Å². The van der Waals surface area contributed by atoms with Crippen LogP contribution in [0.4, 0.5) is 11.4 Å². The number of anilines is 2. The van der Waals surface area contributed by atoms with Crippen LogP contribution in [0.5, 0.6) is 17.2 Å². The second-order valence-corrected chi connectivity index (χ2v) is 6.33. The van der Waals surface area contributed by atoms with E-state index in [0.717, 1.165) is 28.4 Å². The van der Waals surface area contributed by atoms with Crippen molar-refractivity contribution >= 4 is 28.7 Å². The summed E-state index contributed by atoms with van der Waals surface area (Å²) in [5.41, 5.74) is 2.72. The van der Waals surface area contributed by atoms with Gasteiger partial charge in [-0.2, -0.15) is 5.10 Å². The zero-order chi connectivity index (χ0) is 18.6. The first-order chi connectivity index (χ1) is 13.2. The molecule has 1 aliphatic heterocycles. The van der Waals surface area contributed by atoms with Crippen molar-refractivity contribution in [2.75, 3.05) is 24.5 Å². The molecule has 4 rings (SSSR count). The highest BCUT2D eigenvalue weighted by molar-refractivity contribution is 7.80. The molecular formula is C19H18N4O3S. The Hall–Kier alpha value is -3.26. The highest BCUT2D eigenvalue weighted by Gasteiger charge is 2.13. The first kappa shape index (κ1) is 17.2. The molecule has 0 radical (unpaired) electrons. The van der Waals surface area contributed by atoms with Crippen LogP contribution in [-0.4, -0.2) is 28.8 Å². The second kappa shape index (κ2) is 7.55. The SMILES string of the molecule is COc1cccc(Cn2cc(NC(=S)Nc3ccc4c(c3)OCO4)cn2)c1. The Bertz CT molecular complexity index is 973. The number of hydrogen-bond acceptors (Lipinski definition) is 5. The third-order valence-electron chi connectivity index (χ3n) is 4.00. The van der Waals surface area contributed by atoms with E-state index in [-0.39, 0.29) is 6.79 Å². The average molecular weight is 382 g/mol. The van der Waals surface area contributed by atoms with E-state index in [2.05, 4.69) is 15.7 Å². The van der Waals surface area contributed by atoms with Gasteiger partial charge >= 0.3 is 0 Å². The van der Waals surface area contributed by atoms with Crippen molar-refractivity contribution in [2.24, 2.45) is 0 Å². The Balaban J connectivity index is 1.36. The molecule has 7 nitrogen and oxygen atoms in total. The highest BCUT2D eigenvalue weighted by atomic mass is 32.1. The van der Waals surface area contributed by atoms with Gasteiger partial charge in [-0.3, -0.25) is 4.68 Å². The zero-order valence-corrected chi connectivity index (χ0v) is 15.5. The number of fused-ring (bicyclic) bond motifs is 1. The number of nitrogens with zero attached hydrogens (tertiary/aromatic N) is 2. The maximum atomic E-state index is 5.37. The summed E-state index contributed by atoms with van der Waals surface area (Å²) in [4.78, 5) is 0. The first-order valence-corrected chi connectivity index (χ1v) is 8.73. The molecule has 0 spiro atoms. The predicted molar refractivity (Wildman–Crippen MR) is 107 cm³/mol. The maximum Gasteiger partial charge on any atom is 0.231 e. The molecular weight excluding hydrogens is 364 g/mol. The summed E-state index contributed by atoms with van der Waals surface area (Å²) >= 11 is 5.37. The van der Waals surface area contributed by atoms with Gasteiger partial charge in [-0.15, -0.1) is 0 Å². The number of ether oxygens (including phenoxy) is 3. The van der Waals surface area contributed by atoms with Gasteiger partial charge in [0.15, 0.2) is 16.6 Å². The number of benzene rings is 2. The van der Waals surface area contributed by atoms with Crippen molar-refractivity contribution in [3.05, 3.63) is 60.4 Å². The standard InChI is InChI=1S/C19H18N4O3S/c1-24-16-4-2-3-13(7-16)10-23-11-15(9-20-23)22-19(27)21-14-5-6-17-18(8-14)26-12-25-17/h2-9,11H,10,12H2,1H3,(H2,21,22,27). The third kappa shape index (κ3) is 4.12. The van der Waals surface area contributed by atoms with Crippen LogP contribution in [0.3, 0.4) is 0 Å². The highest BCUT2D eigenvalue weighted by Crippen LogP contribution is 2.34. The Morgan fingerprint density at radius 2 is 2.00 bits per heavy atom. The van der Waals surface area contributed by atoms with Gasteiger partial charge in [0.25, 0.3) is 0 Å². The fourth-order valence-corrected chi connectivity index (χ4v) is 2.98. The van der Waals surface area contributed by atoms with Crippen LogP contribution in [0.2, 0.25) is 0 Å². The molecule has 0 aliphatic carbocycles. The Kier molecular flexibility index (Phi) is 4.80. The monoisotopic (exact) mass is 382 g/mol. The lowest BCUT2D eigenvalue weighted by atomic mass is 10.2. The number of thiocarbonyl (C=S) groups is 1. The summed E-state index contributed by atoms with van der Waals surface area (Å²) in [5, 5.41) is 11.1. The summed E-state index contributed by atoms with van der Waals surface area (Å²) in [6, 6.07) is 13.5. The van der Waals surface area contributed by atoms with Crippen LogP contribution in [0.15, 0.2) is 54.9 Å². The average Bonchev–Trinajstić information content (AvgIpc) is 3.30. The van der Waals surface area contributed by atoms with Gasteiger partial charge in [0.05, 0.1) is 25.5 Å². The van der Waals surface area contributed by atoms with Crippen molar-refractivity contribution in [3.8, 4) is 17.2 Å². The molecule has 0 unspecified atom stereocenters. The maximum absolute atomic E-state index is 5.37. The quantitative estimate of drug-likeness (QED) is 0.655. The van der Waals surface area contributed by atoms with Crippen molar-refractivity contribution < 1.29 is 14.2 Å². The minimum Gasteiger partial charge on any atom is -0.497 e. The number of methoxy groups -OCH3 is 1. The van der Waals surface area contributed by atoms with Gasteiger partial charge in [0.1, 0.15) is 5.75 Å². The van der Waals surface area contributed by atoms with Crippen LogP contribution >= 0.6 is 12.2 Å². The van der Waals surface area contributed by atoms with Crippen LogP contribution in [0.25, 0.3) is 0 Å². The lowest BCUT2D eigenvalue weighted by Gasteiger charge is -2.09. The molecule has 0 atom stereocenters. The Morgan fingerprint density at radius 3 is 2.89 bits per heavy atom. The Labute approximate surface area is 161 Å². The van der Waals surface area contributed by atoms with E-state index >= 15 is 0 Å². The largest absolute Gasteiger partial charge is 0.497 e. The molecule has 3 aromatic rings. The van der Waals surface area contributed by atoms with Crippen LogP contribution < -0.4 is 24.8 Å². The van der Waals surface area contributed by atoms with Gasteiger partial charge in [0, 0.05) is 18.0 Å². The molecule has 2 heterocycles. The summed E-state index contributed by atoms with van der Waals surface area (Å²) in [5.74, 6) is 2.26. The smallest absolute Gasteiger partial charge is 0.231 e. The van der Waals surface area contributed by atoms with Gasteiger partial charge in [-0.25, -0.2) is 0 Å². The Morgan fingerprint density at radius 1 is 1.15 bits per heavy atom. The molecule has 1 aromatic heterocycles. The summed E-state index contributed by atoms with van der Waals surface area (Å²) in [7, 11) is 1.66. The predicted octanol–water partition coefficient (Wildman–Crippen LogP) is 3.48. The summed E-state index contributed by atoms with van der Waals surface area (Å²) < 4.78 is 17.8. The molecule has 0 saturated heterocycles. The first-order valence-electron chi connectivity index (χ1n) is 8.33. The third-order valence-corrected chi connectivity index (χ3v) is 4.20. The minimum atomic E-state index is 0.244. The van der Waals surface area contributed by atoms with Gasteiger partial charge in [-0.05, 0) is 42.0 Å². The van der Waals surface area contributed by atoms with E-state index < -0.39 is 0 Å². The molecule has 2 N–H and O–H groups in total. The molecule has 2 aromatic carbocycles. The normalized spacial score (nSPS) is 11.9. The number of aromatic nitrogens is 2. The van der Waals surface area contributed by atoms with E-state index in [0.29, 0.717) is 17.4 Å². The van der Waals surface area contributed by atoms with Crippen molar-refractivity contribution in [1.29, 1.82) is 0 Å². The fraction of sp³-hybridized carbons (Fsp3) is 0.158. The van der Waals surface area contributed by atoms with E-state index in [4.69, 9.17) is 26.4 Å². The second-order valence-electron chi connectivity index (χ2n) is 5.93. The van der Waals surface area contributed by atoms with Crippen LogP contribution in [0, 0.1) is 0 Å². The fourth-order valence-electron chi connectivity index (χ4n) is 2.74. The summed E-state index contributed by atoms with van der Waals surface area (Å²) in [6.07, 6.45) is 3.63. The number of nitrogens with one attached hydrogen (secondary N) is 2. The summed E-state index contributed by atoms with van der Waals surface area (Å²) in [6.45, 7) is 0.884. The van der Waals surface area contributed by atoms with Crippen LogP contribution in [-0.2, 0) is 6.54 Å². The molecule has 0 bridgehead atoms. The molecule has 0 saturated carbocycles. The molecule has 1 aliphatic rings.